The first-order valence-electron chi connectivity index (χ1n) is 6.78. The Labute approximate surface area is 156 Å². The summed E-state index contributed by atoms with van der Waals surface area (Å²) >= 11 is 13.0. The standard InChI is InChI=1S/C15H11Cl2N3O4S/c16-10-3-6-12(17)13(7-10)25-8-14(21)18-19-15(22)9-1-4-11(5-2-9)20(23)24/h1-7H,8H2,(H,18,21)(H,19,22). The predicted molar refractivity (Wildman–Crippen MR) is 95.9 cm³/mol. The topological polar surface area (TPSA) is 101 Å². The zero-order valence-electron chi connectivity index (χ0n) is 12.5. The van der Waals surface area contributed by atoms with Gasteiger partial charge in [-0.2, -0.15) is 0 Å². The van der Waals surface area contributed by atoms with Gasteiger partial charge in [-0.25, -0.2) is 0 Å². The van der Waals surface area contributed by atoms with Crippen LogP contribution in [-0.4, -0.2) is 22.5 Å². The summed E-state index contributed by atoms with van der Waals surface area (Å²) in [5, 5.41) is 11.5. The van der Waals surface area contributed by atoms with E-state index in [0.29, 0.717) is 14.9 Å². The first-order chi connectivity index (χ1) is 11.9. The molecule has 2 aromatic rings. The van der Waals surface area contributed by atoms with Crippen molar-refractivity contribution in [3.8, 4) is 0 Å². The molecule has 0 aliphatic carbocycles. The molecular weight excluding hydrogens is 389 g/mol. The number of non-ortho nitro benzene ring substituents is 1. The van der Waals surface area contributed by atoms with E-state index in [9.17, 15) is 19.7 Å². The van der Waals surface area contributed by atoms with Crippen LogP contribution < -0.4 is 10.9 Å². The van der Waals surface area contributed by atoms with Gasteiger partial charge in [0.05, 0.1) is 15.7 Å². The zero-order chi connectivity index (χ0) is 18.4. The van der Waals surface area contributed by atoms with Crippen LogP contribution in [0.4, 0.5) is 5.69 Å². The van der Waals surface area contributed by atoms with E-state index in [1.807, 2.05) is 0 Å². The van der Waals surface area contributed by atoms with E-state index in [0.717, 1.165) is 0 Å². The molecular formula is C15H11Cl2N3O4S. The number of thioether (sulfide) groups is 1. The number of halogens is 2. The summed E-state index contributed by atoms with van der Waals surface area (Å²) in [4.78, 5) is 34.3. The van der Waals surface area contributed by atoms with E-state index in [1.165, 1.54) is 36.0 Å². The van der Waals surface area contributed by atoms with Crippen molar-refractivity contribution in [1.82, 2.24) is 10.9 Å². The van der Waals surface area contributed by atoms with Gasteiger partial charge in [-0.15, -0.1) is 11.8 Å². The molecule has 0 radical (unpaired) electrons. The number of hydrogen-bond donors (Lipinski definition) is 2. The van der Waals surface area contributed by atoms with Gasteiger partial charge >= 0.3 is 0 Å². The maximum atomic E-state index is 11.9. The summed E-state index contributed by atoms with van der Waals surface area (Å²) in [5.74, 6) is -1.02. The Morgan fingerprint density at radius 1 is 1.08 bits per heavy atom. The molecule has 2 N–H and O–H groups in total. The number of amides is 2. The lowest BCUT2D eigenvalue weighted by Crippen LogP contribution is -2.42. The molecule has 2 aromatic carbocycles. The number of nitro groups is 1. The number of carbonyl (C=O) groups is 2. The van der Waals surface area contributed by atoms with Crippen LogP contribution in [0.2, 0.25) is 10.0 Å². The van der Waals surface area contributed by atoms with Gasteiger partial charge in [0.1, 0.15) is 0 Å². The van der Waals surface area contributed by atoms with Crippen LogP contribution in [0.5, 0.6) is 0 Å². The first-order valence-corrected chi connectivity index (χ1v) is 8.52. The average molecular weight is 400 g/mol. The third-order valence-electron chi connectivity index (χ3n) is 2.91. The Morgan fingerprint density at radius 3 is 2.40 bits per heavy atom. The second-order valence-corrected chi connectivity index (χ2v) is 6.53. The Kier molecular flexibility index (Phi) is 6.63. The van der Waals surface area contributed by atoms with Gasteiger partial charge in [-0.1, -0.05) is 23.2 Å². The molecule has 2 amide bonds. The number of rotatable bonds is 5. The number of hydrogen-bond acceptors (Lipinski definition) is 5. The van der Waals surface area contributed by atoms with Crippen LogP contribution in [0.15, 0.2) is 47.4 Å². The Morgan fingerprint density at radius 2 is 1.76 bits per heavy atom. The quantitative estimate of drug-likeness (QED) is 0.455. The van der Waals surface area contributed by atoms with E-state index in [4.69, 9.17) is 23.2 Å². The van der Waals surface area contributed by atoms with Crippen LogP contribution in [0.1, 0.15) is 10.4 Å². The highest BCUT2D eigenvalue weighted by Crippen LogP contribution is 2.29. The van der Waals surface area contributed by atoms with Gasteiger partial charge < -0.3 is 0 Å². The van der Waals surface area contributed by atoms with Crippen molar-refractivity contribution >= 4 is 52.5 Å². The first kappa shape index (κ1) is 19.0. The molecule has 0 fully saturated rings. The highest BCUT2D eigenvalue weighted by atomic mass is 35.5. The summed E-state index contributed by atoms with van der Waals surface area (Å²) in [6.07, 6.45) is 0. The van der Waals surface area contributed by atoms with E-state index in [2.05, 4.69) is 10.9 Å². The summed E-state index contributed by atoms with van der Waals surface area (Å²) in [5.41, 5.74) is 4.53. The fourth-order valence-electron chi connectivity index (χ4n) is 1.70. The van der Waals surface area contributed by atoms with E-state index >= 15 is 0 Å². The molecule has 0 unspecified atom stereocenters. The van der Waals surface area contributed by atoms with Crippen molar-refractivity contribution in [2.45, 2.75) is 4.90 Å². The highest BCUT2D eigenvalue weighted by molar-refractivity contribution is 8.00. The smallest absolute Gasteiger partial charge is 0.269 e. The lowest BCUT2D eigenvalue weighted by Gasteiger charge is -2.08. The van der Waals surface area contributed by atoms with Crippen molar-refractivity contribution in [3.05, 3.63) is 68.2 Å². The summed E-state index contributed by atoms with van der Waals surface area (Å²) in [6.45, 7) is 0. The van der Waals surface area contributed by atoms with Gasteiger partial charge in [-0.3, -0.25) is 30.6 Å². The van der Waals surface area contributed by atoms with E-state index in [-0.39, 0.29) is 17.0 Å². The number of nitrogens with one attached hydrogen (secondary N) is 2. The molecule has 25 heavy (non-hydrogen) atoms. The lowest BCUT2D eigenvalue weighted by atomic mass is 10.2. The number of nitro benzene ring substituents is 1. The molecule has 0 saturated heterocycles. The van der Waals surface area contributed by atoms with Gasteiger partial charge in [0.2, 0.25) is 5.91 Å². The number of benzene rings is 2. The van der Waals surface area contributed by atoms with Gasteiger partial charge in [0, 0.05) is 27.6 Å². The van der Waals surface area contributed by atoms with Crippen LogP contribution in [0.25, 0.3) is 0 Å². The summed E-state index contributed by atoms with van der Waals surface area (Å²) in [6, 6.07) is 9.89. The van der Waals surface area contributed by atoms with Crippen LogP contribution in [0, 0.1) is 10.1 Å². The van der Waals surface area contributed by atoms with Gasteiger partial charge in [-0.05, 0) is 30.3 Å². The number of hydrazine groups is 1. The van der Waals surface area contributed by atoms with Crippen LogP contribution in [-0.2, 0) is 4.79 Å². The molecule has 0 bridgehead atoms. The SMILES string of the molecule is O=C(CSc1cc(Cl)ccc1Cl)NNC(=O)c1ccc([N+](=O)[O-])cc1. The van der Waals surface area contributed by atoms with Gasteiger partial charge in [0.25, 0.3) is 11.6 Å². The molecule has 0 atom stereocenters. The fraction of sp³-hybridized carbons (Fsp3) is 0.0667. The molecule has 2 rings (SSSR count). The lowest BCUT2D eigenvalue weighted by molar-refractivity contribution is -0.384. The molecule has 0 heterocycles. The molecule has 130 valence electrons. The van der Waals surface area contributed by atoms with Crippen molar-refractivity contribution in [1.29, 1.82) is 0 Å². The van der Waals surface area contributed by atoms with Gasteiger partial charge in [0.15, 0.2) is 0 Å². The molecule has 7 nitrogen and oxygen atoms in total. The monoisotopic (exact) mass is 399 g/mol. The second kappa shape index (κ2) is 8.70. The molecule has 10 heteroatoms. The highest BCUT2D eigenvalue weighted by Gasteiger charge is 2.11. The number of carbonyl (C=O) groups excluding carboxylic acids is 2. The van der Waals surface area contributed by atoms with Crippen molar-refractivity contribution in [2.75, 3.05) is 5.75 Å². The maximum absolute atomic E-state index is 11.9. The molecule has 0 spiro atoms. The summed E-state index contributed by atoms with van der Waals surface area (Å²) < 4.78 is 0. The van der Waals surface area contributed by atoms with Crippen molar-refractivity contribution < 1.29 is 14.5 Å². The van der Waals surface area contributed by atoms with E-state index < -0.39 is 16.7 Å². The van der Waals surface area contributed by atoms with Crippen molar-refractivity contribution in [3.63, 3.8) is 0 Å². The molecule has 0 aliphatic rings. The Bertz CT molecular complexity index is 815. The summed E-state index contributed by atoms with van der Waals surface area (Å²) in [7, 11) is 0. The largest absolute Gasteiger partial charge is 0.272 e. The second-order valence-electron chi connectivity index (χ2n) is 4.67. The maximum Gasteiger partial charge on any atom is 0.269 e. The normalized spacial score (nSPS) is 10.2. The van der Waals surface area contributed by atoms with Crippen molar-refractivity contribution in [2.24, 2.45) is 0 Å². The fourth-order valence-corrected chi connectivity index (χ4v) is 2.99. The zero-order valence-corrected chi connectivity index (χ0v) is 14.8. The minimum atomic E-state index is -0.589. The van der Waals surface area contributed by atoms with Crippen LogP contribution in [0.3, 0.4) is 0 Å². The Hall–Kier alpha value is -2.29. The number of nitrogens with zero attached hydrogens (tertiary/aromatic N) is 1. The minimum absolute atomic E-state index is 0.0145. The molecule has 0 aliphatic heterocycles. The average Bonchev–Trinajstić information content (AvgIpc) is 2.60. The molecule has 0 saturated carbocycles. The van der Waals surface area contributed by atoms with E-state index in [1.54, 1.807) is 18.2 Å². The Balaban J connectivity index is 1.84. The third kappa shape index (κ3) is 5.63. The minimum Gasteiger partial charge on any atom is -0.272 e. The predicted octanol–water partition coefficient (Wildman–Crippen LogP) is 3.45. The molecule has 0 aromatic heterocycles. The third-order valence-corrected chi connectivity index (χ3v) is 4.64. The van der Waals surface area contributed by atoms with Crippen LogP contribution >= 0.6 is 35.0 Å².